The Hall–Kier alpha value is -1.62. The fourth-order valence-corrected chi connectivity index (χ4v) is 2.61. The lowest BCUT2D eigenvalue weighted by atomic mass is 10.2. The molecule has 0 amide bonds. The molecule has 0 aromatic carbocycles. The summed E-state index contributed by atoms with van der Waals surface area (Å²) in [5, 5.41) is 5.51. The van der Waals surface area contributed by atoms with Crippen LogP contribution in [0.15, 0.2) is 17.5 Å². The number of rotatable bonds is 5. The lowest BCUT2D eigenvalue weighted by molar-refractivity contribution is 0.821. The molecule has 2 aromatic rings. The van der Waals surface area contributed by atoms with E-state index in [1.54, 1.807) is 11.3 Å². The minimum atomic E-state index is 0.225. The van der Waals surface area contributed by atoms with E-state index in [1.165, 1.54) is 4.88 Å². The third-order valence-corrected chi connectivity index (χ3v) is 4.08. The average molecular weight is 276 g/mol. The Morgan fingerprint density at radius 2 is 2.21 bits per heavy atom. The summed E-state index contributed by atoms with van der Waals surface area (Å²) in [5.74, 6) is 2.22. The van der Waals surface area contributed by atoms with Crippen LogP contribution in [0.25, 0.3) is 0 Å². The zero-order chi connectivity index (χ0) is 13.8. The molecule has 0 saturated heterocycles. The highest BCUT2D eigenvalue weighted by molar-refractivity contribution is 7.10. The Labute approximate surface area is 118 Å². The first-order valence-electron chi connectivity index (χ1n) is 6.54. The molecule has 0 spiro atoms. The van der Waals surface area contributed by atoms with Gasteiger partial charge >= 0.3 is 0 Å². The van der Waals surface area contributed by atoms with Crippen molar-refractivity contribution in [3.05, 3.63) is 33.8 Å². The summed E-state index contributed by atoms with van der Waals surface area (Å²) in [6, 6.07) is 4.40. The van der Waals surface area contributed by atoms with Crippen molar-refractivity contribution in [2.45, 2.75) is 39.7 Å². The number of hydrogen-bond acceptors (Lipinski definition) is 5. The zero-order valence-corrected chi connectivity index (χ0v) is 12.4. The van der Waals surface area contributed by atoms with Gasteiger partial charge in [0.25, 0.3) is 0 Å². The van der Waals surface area contributed by atoms with E-state index in [1.807, 2.05) is 6.92 Å². The normalized spacial score (nSPS) is 12.4. The van der Waals surface area contributed by atoms with E-state index in [9.17, 15) is 0 Å². The van der Waals surface area contributed by atoms with E-state index in [0.29, 0.717) is 5.82 Å². The topological polar surface area (TPSA) is 63.8 Å². The number of anilines is 2. The van der Waals surface area contributed by atoms with Gasteiger partial charge in [-0.25, -0.2) is 9.97 Å². The number of aryl methyl sites for hydroxylation is 1. The van der Waals surface area contributed by atoms with Crippen LogP contribution in [0.4, 0.5) is 11.6 Å². The largest absolute Gasteiger partial charge is 0.383 e. The quantitative estimate of drug-likeness (QED) is 0.876. The first-order chi connectivity index (χ1) is 9.11. The molecule has 0 radical (unpaired) electrons. The van der Waals surface area contributed by atoms with Gasteiger partial charge in [0.2, 0.25) is 0 Å². The van der Waals surface area contributed by atoms with Gasteiger partial charge in [0.1, 0.15) is 17.5 Å². The van der Waals surface area contributed by atoms with Crippen molar-refractivity contribution in [2.75, 3.05) is 11.1 Å². The standard InChI is InChI=1S/C14H20N4S/c1-4-6-12-17-13(15)9(2)14(18-12)16-10(3)11-7-5-8-19-11/h5,7-8,10H,4,6H2,1-3H3,(H3,15,16,17,18). The molecular formula is C14H20N4S. The van der Waals surface area contributed by atoms with Crippen LogP contribution in [0.1, 0.15) is 42.6 Å². The maximum absolute atomic E-state index is 5.96. The Morgan fingerprint density at radius 1 is 1.42 bits per heavy atom. The van der Waals surface area contributed by atoms with Crippen molar-refractivity contribution in [1.29, 1.82) is 0 Å². The summed E-state index contributed by atoms with van der Waals surface area (Å²) in [4.78, 5) is 10.2. The van der Waals surface area contributed by atoms with Crippen LogP contribution in [0.5, 0.6) is 0 Å². The number of nitrogen functional groups attached to an aromatic ring is 1. The van der Waals surface area contributed by atoms with Gasteiger partial charge in [-0.15, -0.1) is 11.3 Å². The maximum Gasteiger partial charge on any atom is 0.135 e. The van der Waals surface area contributed by atoms with Crippen molar-refractivity contribution in [1.82, 2.24) is 9.97 Å². The van der Waals surface area contributed by atoms with Crippen molar-refractivity contribution in [3.63, 3.8) is 0 Å². The molecule has 4 nitrogen and oxygen atoms in total. The smallest absolute Gasteiger partial charge is 0.135 e. The minimum Gasteiger partial charge on any atom is -0.383 e. The van der Waals surface area contributed by atoms with Crippen molar-refractivity contribution < 1.29 is 0 Å². The summed E-state index contributed by atoms with van der Waals surface area (Å²) in [7, 11) is 0. The number of aromatic nitrogens is 2. The van der Waals surface area contributed by atoms with Gasteiger partial charge in [-0.2, -0.15) is 0 Å². The van der Waals surface area contributed by atoms with E-state index in [4.69, 9.17) is 5.73 Å². The van der Waals surface area contributed by atoms with E-state index < -0.39 is 0 Å². The third kappa shape index (κ3) is 3.23. The number of hydrogen-bond donors (Lipinski definition) is 2. The second kappa shape index (κ2) is 6.02. The fourth-order valence-electron chi connectivity index (χ4n) is 1.87. The van der Waals surface area contributed by atoms with Crippen LogP contribution in [-0.2, 0) is 6.42 Å². The zero-order valence-electron chi connectivity index (χ0n) is 11.6. The van der Waals surface area contributed by atoms with Crippen molar-refractivity contribution in [2.24, 2.45) is 0 Å². The summed E-state index contributed by atoms with van der Waals surface area (Å²) in [6.07, 6.45) is 1.87. The molecule has 2 rings (SSSR count). The highest BCUT2D eigenvalue weighted by Gasteiger charge is 2.12. The van der Waals surface area contributed by atoms with Gasteiger partial charge in [0.05, 0.1) is 6.04 Å². The average Bonchev–Trinajstić information content (AvgIpc) is 2.89. The molecule has 2 heterocycles. The minimum absolute atomic E-state index is 0.225. The molecule has 0 aliphatic heterocycles. The molecule has 0 bridgehead atoms. The lowest BCUT2D eigenvalue weighted by Gasteiger charge is -2.16. The number of nitrogens with one attached hydrogen (secondary N) is 1. The van der Waals surface area contributed by atoms with Crippen molar-refractivity contribution in [3.8, 4) is 0 Å². The molecule has 1 atom stereocenters. The highest BCUT2D eigenvalue weighted by Crippen LogP contribution is 2.25. The Balaban J connectivity index is 2.23. The van der Waals surface area contributed by atoms with E-state index in [0.717, 1.165) is 30.0 Å². The Bertz CT molecular complexity index is 537. The first-order valence-corrected chi connectivity index (χ1v) is 7.42. The molecule has 2 aromatic heterocycles. The van der Waals surface area contributed by atoms with Crippen LogP contribution in [0, 0.1) is 6.92 Å². The fraction of sp³-hybridized carbons (Fsp3) is 0.429. The van der Waals surface area contributed by atoms with Gasteiger partial charge in [0, 0.05) is 16.9 Å². The summed E-state index contributed by atoms with van der Waals surface area (Å²) in [5.41, 5.74) is 6.88. The molecule has 0 saturated carbocycles. The molecule has 19 heavy (non-hydrogen) atoms. The van der Waals surface area contributed by atoms with Crippen LogP contribution < -0.4 is 11.1 Å². The summed E-state index contributed by atoms with van der Waals surface area (Å²) < 4.78 is 0. The third-order valence-electron chi connectivity index (χ3n) is 3.03. The molecule has 102 valence electrons. The van der Waals surface area contributed by atoms with Gasteiger partial charge in [0.15, 0.2) is 0 Å². The summed E-state index contributed by atoms with van der Waals surface area (Å²) in [6.45, 7) is 6.19. The van der Waals surface area contributed by atoms with Crippen LogP contribution >= 0.6 is 11.3 Å². The molecule has 0 fully saturated rings. The number of thiophene rings is 1. The number of nitrogens with zero attached hydrogens (tertiary/aromatic N) is 2. The second-order valence-electron chi connectivity index (χ2n) is 4.63. The first kappa shape index (κ1) is 13.8. The van der Waals surface area contributed by atoms with Gasteiger partial charge in [-0.05, 0) is 31.7 Å². The van der Waals surface area contributed by atoms with Gasteiger partial charge in [-0.1, -0.05) is 13.0 Å². The van der Waals surface area contributed by atoms with E-state index in [2.05, 4.69) is 46.6 Å². The van der Waals surface area contributed by atoms with Crippen LogP contribution in [-0.4, -0.2) is 9.97 Å². The van der Waals surface area contributed by atoms with Crippen LogP contribution in [0.3, 0.4) is 0 Å². The predicted octanol–water partition coefficient (Wildman–Crippen LogP) is 3.55. The van der Waals surface area contributed by atoms with Crippen LogP contribution in [0.2, 0.25) is 0 Å². The highest BCUT2D eigenvalue weighted by atomic mass is 32.1. The van der Waals surface area contributed by atoms with Crippen molar-refractivity contribution >= 4 is 23.0 Å². The maximum atomic E-state index is 5.96. The Morgan fingerprint density at radius 3 is 2.84 bits per heavy atom. The predicted molar refractivity (Wildman–Crippen MR) is 81.5 cm³/mol. The van der Waals surface area contributed by atoms with E-state index in [-0.39, 0.29) is 6.04 Å². The molecule has 1 unspecified atom stereocenters. The lowest BCUT2D eigenvalue weighted by Crippen LogP contribution is -2.12. The SMILES string of the molecule is CCCc1nc(N)c(C)c(NC(C)c2cccs2)n1. The van der Waals surface area contributed by atoms with E-state index >= 15 is 0 Å². The monoisotopic (exact) mass is 276 g/mol. The molecule has 3 N–H and O–H groups in total. The second-order valence-corrected chi connectivity index (χ2v) is 5.61. The summed E-state index contributed by atoms with van der Waals surface area (Å²) >= 11 is 1.74. The molecule has 0 aliphatic rings. The Kier molecular flexibility index (Phi) is 4.37. The molecular weight excluding hydrogens is 256 g/mol. The number of nitrogens with two attached hydrogens (primary N) is 1. The van der Waals surface area contributed by atoms with Gasteiger partial charge in [-0.3, -0.25) is 0 Å². The molecule has 0 aliphatic carbocycles. The van der Waals surface area contributed by atoms with Gasteiger partial charge < -0.3 is 11.1 Å². The molecule has 5 heteroatoms.